The zero-order valence-electron chi connectivity index (χ0n) is 39.0. The van der Waals surface area contributed by atoms with Gasteiger partial charge in [0.15, 0.2) is 5.84 Å². The average Bonchev–Trinajstić information content (AvgIpc) is 3.73. The molecular weight excluding hydrogens is 845 g/mol. The fraction of sp³-hybridized carbons (Fsp3) is 0.0588. The van der Waals surface area contributed by atoms with Crippen molar-refractivity contribution in [2.75, 3.05) is 0 Å². The highest BCUT2D eigenvalue weighted by Gasteiger charge is 2.46. The Balaban J connectivity index is 0.984. The Morgan fingerprint density at radius 3 is 1.56 bits per heavy atom. The van der Waals surface area contributed by atoms with Gasteiger partial charge in [0, 0.05) is 11.1 Å². The molecule has 11 aromatic carbocycles. The van der Waals surface area contributed by atoms with Crippen LogP contribution in [-0.4, -0.2) is 11.5 Å². The maximum absolute atomic E-state index is 5.53. The molecule has 11 aromatic rings. The Morgan fingerprint density at radius 1 is 0.329 bits per heavy atom. The normalized spacial score (nSPS) is 15.2. The van der Waals surface area contributed by atoms with Crippen molar-refractivity contribution < 1.29 is 0 Å². The second-order valence-corrected chi connectivity index (χ2v) is 18.8. The third-order valence-corrected chi connectivity index (χ3v) is 14.9. The Kier molecular flexibility index (Phi) is 10.1. The van der Waals surface area contributed by atoms with Gasteiger partial charge in [-0.1, -0.05) is 237 Å². The van der Waals surface area contributed by atoms with E-state index in [2.05, 4.69) is 256 Å². The van der Waals surface area contributed by atoms with Crippen molar-refractivity contribution in [2.24, 2.45) is 9.98 Å². The molecule has 0 aromatic heterocycles. The molecule has 1 heterocycles. The molecule has 0 bridgehead atoms. The summed E-state index contributed by atoms with van der Waals surface area (Å²) >= 11 is 0. The fourth-order valence-corrected chi connectivity index (χ4v) is 11.6. The quantitative estimate of drug-likeness (QED) is 0.142. The van der Waals surface area contributed by atoms with E-state index < -0.39 is 5.41 Å². The Bertz CT molecular complexity index is 3860. The third-order valence-electron chi connectivity index (χ3n) is 14.9. The zero-order valence-corrected chi connectivity index (χ0v) is 39.0. The number of rotatable bonds is 7. The molecule has 0 radical (unpaired) electrons. The fourth-order valence-electron chi connectivity index (χ4n) is 11.6. The van der Waals surface area contributed by atoms with Gasteiger partial charge in [-0.25, -0.2) is 9.98 Å². The Morgan fingerprint density at radius 2 is 0.843 bits per heavy atom. The van der Waals surface area contributed by atoms with Gasteiger partial charge in [-0.3, -0.25) is 0 Å². The summed E-state index contributed by atoms with van der Waals surface area (Å²) in [5, 5.41) is 7.42. The van der Waals surface area contributed by atoms with E-state index in [1.54, 1.807) is 0 Å². The molecule has 0 saturated carbocycles. The maximum atomic E-state index is 5.53. The molecule has 1 aliphatic heterocycles. The summed E-state index contributed by atoms with van der Waals surface area (Å²) < 4.78 is 0. The van der Waals surface area contributed by atoms with Gasteiger partial charge in [-0.2, -0.15) is 0 Å². The molecule has 2 nitrogen and oxygen atoms in total. The average molecular weight is 893 g/mol. The summed E-state index contributed by atoms with van der Waals surface area (Å²) in [7, 11) is 0. The van der Waals surface area contributed by atoms with Gasteiger partial charge >= 0.3 is 0 Å². The summed E-state index contributed by atoms with van der Waals surface area (Å²) in [6.07, 6.45) is 1.65. The lowest BCUT2D eigenvalue weighted by Crippen LogP contribution is -2.28. The standard InChI is InChI=1S/C68H48N2/c1-45-33-42-64(48-36-34-47(35-37-48)46-19-6-2-7-20-46)69-67(49-21-8-3-9-22-49)70-66(45)51-39-41-60-61(43-51)56-28-15-14-27-55(56)59-31-18-30-54(65(59)60)50-38-40-58-57-29-16-17-32-62(57)68(63(58)44-50,52-23-10-4-11-24-52)53-25-12-5-13-26-53/h2-32,34-41,43-44H,33,42H2,1H3/b66-45+,69-64?,70-67?. The second-order valence-electron chi connectivity index (χ2n) is 18.8. The molecule has 330 valence electrons. The first-order valence-electron chi connectivity index (χ1n) is 24.4. The number of hydrogen-bond acceptors (Lipinski definition) is 2. The first-order chi connectivity index (χ1) is 34.6. The molecule has 13 rings (SSSR count). The predicted octanol–water partition coefficient (Wildman–Crippen LogP) is 17.3. The molecule has 0 fully saturated rings. The van der Waals surface area contributed by atoms with E-state index in [4.69, 9.17) is 9.98 Å². The first kappa shape index (κ1) is 41.5. The van der Waals surface area contributed by atoms with Gasteiger partial charge in [-0.15, -0.1) is 0 Å². The van der Waals surface area contributed by atoms with Crippen molar-refractivity contribution >= 4 is 49.6 Å². The second kappa shape index (κ2) is 17.1. The molecule has 0 spiro atoms. The van der Waals surface area contributed by atoms with Crippen LogP contribution in [0.3, 0.4) is 0 Å². The largest absolute Gasteiger partial charge is 0.232 e. The summed E-state index contributed by atoms with van der Waals surface area (Å²) in [5.41, 5.74) is 18.5. The summed E-state index contributed by atoms with van der Waals surface area (Å²) in [6, 6.07) is 91.0. The van der Waals surface area contributed by atoms with Crippen LogP contribution >= 0.6 is 0 Å². The molecule has 0 saturated heterocycles. The van der Waals surface area contributed by atoms with E-state index in [9.17, 15) is 0 Å². The van der Waals surface area contributed by atoms with E-state index >= 15 is 0 Å². The number of hydrogen-bond donors (Lipinski definition) is 0. The van der Waals surface area contributed by atoms with E-state index in [1.165, 1.54) is 93.5 Å². The van der Waals surface area contributed by atoms with E-state index in [-0.39, 0.29) is 0 Å². The predicted molar refractivity (Wildman–Crippen MR) is 295 cm³/mol. The lowest BCUT2D eigenvalue weighted by molar-refractivity contribution is 0.769. The van der Waals surface area contributed by atoms with Crippen LogP contribution in [0.4, 0.5) is 0 Å². The first-order valence-corrected chi connectivity index (χ1v) is 24.4. The molecule has 0 atom stereocenters. The van der Waals surface area contributed by atoms with E-state index in [1.807, 2.05) is 0 Å². The smallest absolute Gasteiger partial charge is 0.160 e. The lowest BCUT2D eigenvalue weighted by atomic mass is 9.67. The Hall–Kier alpha value is -8.72. The van der Waals surface area contributed by atoms with Gasteiger partial charge in [0.05, 0.1) is 16.8 Å². The highest BCUT2D eigenvalue weighted by atomic mass is 14.9. The number of amidine groups is 1. The topological polar surface area (TPSA) is 24.7 Å². The van der Waals surface area contributed by atoms with Gasteiger partial charge in [0.1, 0.15) is 0 Å². The minimum absolute atomic E-state index is 0.487. The van der Waals surface area contributed by atoms with Crippen molar-refractivity contribution in [2.45, 2.75) is 25.2 Å². The van der Waals surface area contributed by atoms with Crippen LogP contribution in [-0.2, 0) is 5.41 Å². The van der Waals surface area contributed by atoms with Crippen molar-refractivity contribution in [1.82, 2.24) is 0 Å². The monoisotopic (exact) mass is 892 g/mol. The van der Waals surface area contributed by atoms with Crippen LogP contribution in [0.1, 0.15) is 58.7 Å². The minimum Gasteiger partial charge on any atom is -0.232 e. The van der Waals surface area contributed by atoms with Gasteiger partial charge in [-0.05, 0) is 131 Å². The van der Waals surface area contributed by atoms with Crippen molar-refractivity contribution in [1.29, 1.82) is 0 Å². The summed E-state index contributed by atoms with van der Waals surface area (Å²) in [6.45, 7) is 2.25. The van der Waals surface area contributed by atoms with E-state index in [0.717, 1.165) is 46.8 Å². The van der Waals surface area contributed by atoms with Crippen molar-refractivity contribution in [3.05, 3.63) is 293 Å². The highest BCUT2D eigenvalue weighted by molar-refractivity contribution is 6.29. The van der Waals surface area contributed by atoms with E-state index in [0.29, 0.717) is 0 Å². The molecule has 1 aliphatic carbocycles. The number of allylic oxidation sites excluding steroid dienone is 1. The number of benzene rings is 11. The number of nitrogens with zero attached hydrogens (tertiary/aromatic N) is 2. The van der Waals surface area contributed by atoms with Gasteiger partial charge in [0.25, 0.3) is 0 Å². The highest BCUT2D eigenvalue weighted by Crippen LogP contribution is 2.57. The third kappa shape index (κ3) is 6.78. The Labute approximate surface area is 409 Å². The lowest BCUT2D eigenvalue weighted by Gasteiger charge is -2.34. The maximum Gasteiger partial charge on any atom is 0.160 e. The molecule has 0 N–H and O–H groups in total. The molecule has 2 aliphatic rings. The summed E-state index contributed by atoms with van der Waals surface area (Å²) in [4.78, 5) is 10.9. The molecule has 70 heavy (non-hydrogen) atoms. The minimum atomic E-state index is -0.487. The molecule has 0 unspecified atom stereocenters. The molecule has 0 amide bonds. The van der Waals surface area contributed by atoms with Crippen LogP contribution in [0.25, 0.3) is 71.4 Å². The van der Waals surface area contributed by atoms with Gasteiger partial charge < -0.3 is 0 Å². The van der Waals surface area contributed by atoms with Crippen LogP contribution in [0.15, 0.2) is 264 Å². The SMILES string of the molecule is C/C1=C(/c2ccc3c(c2)c2ccccc2c2cccc(-c4ccc5c(c4)C(c4ccccc4)(c4ccccc4)c4ccccc4-5)c23)N=C(c2ccccc2)N=C(c2ccc(-c3ccccc3)cc2)CC1. The van der Waals surface area contributed by atoms with Gasteiger partial charge in [0.2, 0.25) is 0 Å². The van der Waals surface area contributed by atoms with Crippen LogP contribution in [0.2, 0.25) is 0 Å². The van der Waals surface area contributed by atoms with Crippen molar-refractivity contribution in [3.63, 3.8) is 0 Å². The van der Waals surface area contributed by atoms with Crippen molar-refractivity contribution in [3.8, 4) is 33.4 Å². The number of aliphatic imine (C=N–C) groups is 2. The van der Waals surface area contributed by atoms with Crippen LogP contribution in [0.5, 0.6) is 0 Å². The van der Waals surface area contributed by atoms with Crippen LogP contribution in [0, 0.1) is 0 Å². The van der Waals surface area contributed by atoms with Crippen LogP contribution < -0.4 is 0 Å². The molecule has 2 heteroatoms. The zero-order chi connectivity index (χ0) is 46.6. The number of fused-ring (bicyclic) bond motifs is 9. The molecular formula is C68H48N2. The summed E-state index contributed by atoms with van der Waals surface area (Å²) in [5.74, 6) is 0.725.